The predicted octanol–water partition coefficient (Wildman–Crippen LogP) is 3.44. The minimum atomic E-state index is -0.151. The van der Waals surface area contributed by atoms with Crippen LogP contribution < -0.4 is 15.0 Å². The zero-order chi connectivity index (χ0) is 21.8. The van der Waals surface area contributed by atoms with Gasteiger partial charge in [-0.1, -0.05) is 23.9 Å². The number of hydrogen-bond donors (Lipinski definition) is 1. The highest BCUT2D eigenvalue weighted by Gasteiger charge is 2.21. The highest BCUT2D eigenvalue weighted by atomic mass is 32.2. The van der Waals surface area contributed by atoms with Crippen molar-refractivity contribution in [3.63, 3.8) is 0 Å². The lowest BCUT2D eigenvalue weighted by molar-refractivity contribution is -0.117. The molecule has 3 aromatic rings. The van der Waals surface area contributed by atoms with E-state index in [0.29, 0.717) is 28.8 Å². The van der Waals surface area contributed by atoms with E-state index < -0.39 is 0 Å². The van der Waals surface area contributed by atoms with Crippen LogP contribution in [0.3, 0.4) is 0 Å². The van der Waals surface area contributed by atoms with Crippen LogP contribution >= 0.6 is 11.8 Å². The molecule has 4 rings (SSSR count). The number of carbonyl (C=O) groups excluding carboxylic acids is 2. The molecule has 1 aromatic heterocycles. The lowest BCUT2D eigenvalue weighted by Gasteiger charge is -2.16. The number of aryl methyl sites for hydroxylation is 1. The highest BCUT2D eigenvalue weighted by molar-refractivity contribution is 7.99. The van der Waals surface area contributed by atoms with Gasteiger partial charge in [-0.3, -0.25) is 14.2 Å². The number of thioether (sulfide) groups is 1. The molecule has 2 aromatic carbocycles. The van der Waals surface area contributed by atoms with Gasteiger partial charge < -0.3 is 15.0 Å². The van der Waals surface area contributed by atoms with Gasteiger partial charge in [0.15, 0.2) is 5.16 Å². The van der Waals surface area contributed by atoms with Crippen molar-refractivity contribution in [3.05, 3.63) is 54.4 Å². The van der Waals surface area contributed by atoms with E-state index in [1.165, 1.54) is 11.8 Å². The van der Waals surface area contributed by atoms with Crippen molar-refractivity contribution in [2.45, 2.75) is 24.9 Å². The van der Waals surface area contributed by atoms with E-state index in [0.717, 1.165) is 24.3 Å². The zero-order valence-electron chi connectivity index (χ0n) is 17.4. The Bertz CT molecular complexity index is 1100. The molecular formula is C22H23N5O3S. The average Bonchev–Trinajstić information content (AvgIpc) is 3.38. The lowest BCUT2D eigenvalue weighted by atomic mass is 10.2. The number of ether oxygens (including phenoxy) is 1. The van der Waals surface area contributed by atoms with Gasteiger partial charge in [0.2, 0.25) is 11.8 Å². The number of amides is 2. The first-order chi connectivity index (χ1) is 15.1. The summed E-state index contributed by atoms with van der Waals surface area (Å²) < 4.78 is 7.32. The number of methoxy groups -OCH3 is 1. The summed E-state index contributed by atoms with van der Waals surface area (Å²) in [5.74, 6) is 1.58. The fraction of sp³-hybridized carbons (Fsp3) is 0.273. The van der Waals surface area contributed by atoms with Crippen LogP contribution in [0.25, 0.3) is 5.69 Å². The third-order valence-corrected chi connectivity index (χ3v) is 5.92. The van der Waals surface area contributed by atoms with E-state index in [1.807, 2.05) is 60.0 Å². The van der Waals surface area contributed by atoms with Crippen molar-refractivity contribution in [1.29, 1.82) is 0 Å². The topological polar surface area (TPSA) is 89.3 Å². The zero-order valence-corrected chi connectivity index (χ0v) is 18.2. The molecule has 0 spiro atoms. The van der Waals surface area contributed by atoms with Crippen LogP contribution in [0.2, 0.25) is 0 Å². The minimum absolute atomic E-state index is 0.141. The maximum atomic E-state index is 12.5. The molecule has 1 fully saturated rings. The van der Waals surface area contributed by atoms with Crippen molar-refractivity contribution >= 4 is 35.0 Å². The number of nitrogens with zero attached hydrogens (tertiary/aromatic N) is 4. The first-order valence-corrected chi connectivity index (χ1v) is 10.9. The third kappa shape index (κ3) is 4.56. The van der Waals surface area contributed by atoms with Crippen LogP contribution in [0, 0.1) is 6.92 Å². The van der Waals surface area contributed by atoms with Crippen molar-refractivity contribution in [2.24, 2.45) is 0 Å². The molecule has 1 N–H and O–H groups in total. The molecular weight excluding hydrogens is 414 g/mol. The molecule has 0 radical (unpaired) electrons. The van der Waals surface area contributed by atoms with Crippen LogP contribution in [0.15, 0.2) is 53.7 Å². The molecule has 8 nitrogen and oxygen atoms in total. The van der Waals surface area contributed by atoms with E-state index in [9.17, 15) is 9.59 Å². The first kappa shape index (κ1) is 20.9. The van der Waals surface area contributed by atoms with Gasteiger partial charge in [0, 0.05) is 24.3 Å². The van der Waals surface area contributed by atoms with Crippen LogP contribution in [0.1, 0.15) is 18.7 Å². The molecule has 31 heavy (non-hydrogen) atoms. The fourth-order valence-corrected chi connectivity index (χ4v) is 4.29. The molecule has 1 saturated heterocycles. The second-order valence-corrected chi connectivity index (χ2v) is 8.01. The first-order valence-electron chi connectivity index (χ1n) is 9.95. The summed E-state index contributed by atoms with van der Waals surface area (Å²) in [6.07, 6.45) is 1.47. The molecule has 9 heteroatoms. The Hall–Kier alpha value is -3.33. The summed E-state index contributed by atoms with van der Waals surface area (Å²) in [7, 11) is 1.61. The largest absolute Gasteiger partial charge is 0.495 e. The van der Waals surface area contributed by atoms with Crippen molar-refractivity contribution < 1.29 is 14.3 Å². The molecule has 0 atom stereocenters. The number of carbonyl (C=O) groups is 2. The van der Waals surface area contributed by atoms with Crippen molar-refractivity contribution in [2.75, 3.05) is 29.6 Å². The second kappa shape index (κ2) is 9.22. The SMILES string of the molecule is COc1ccccc1-n1c(C)nnc1SCC(=O)Nc1ccc(N2CCCC2=O)cc1. The predicted molar refractivity (Wildman–Crippen MR) is 120 cm³/mol. The van der Waals surface area contributed by atoms with Gasteiger partial charge in [-0.05, 0) is 49.7 Å². The number of anilines is 2. The normalized spacial score (nSPS) is 13.5. The Labute approximate surface area is 184 Å². The Balaban J connectivity index is 1.40. The van der Waals surface area contributed by atoms with Crippen molar-refractivity contribution in [1.82, 2.24) is 14.8 Å². The Morgan fingerprint density at radius 1 is 1.16 bits per heavy atom. The molecule has 0 unspecified atom stereocenters. The molecule has 0 saturated carbocycles. The van der Waals surface area contributed by atoms with Gasteiger partial charge in [-0.15, -0.1) is 10.2 Å². The monoisotopic (exact) mass is 437 g/mol. The fourth-order valence-electron chi connectivity index (χ4n) is 3.50. The number of hydrogen-bond acceptors (Lipinski definition) is 6. The van der Waals surface area contributed by atoms with E-state index in [4.69, 9.17) is 4.74 Å². The van der Waals surface area contributed by atoms with E-state index in [2.05, 4.69) is 15.5 Å². The van der Waals surface area contributed by atoms with Gasteiger partial charge in [0.25, 0.3) is 0 Å². The number of aromatic nitrogens is 3. The second-order valence-electron chi connectivity index (χ2n) is 7.07. The summed E-state index contributed by atoms with van der Waals surface area (Å²) in [5.41, 5.74) is 2.36. The summed E-state index contributed by atoms with van der Waals surface area (Å²) in [4.78, 5) is 26.1. The summed E-state index contributed by atoms with van der Waals surface area (Å²) >= 11 is 1.30. The van der Waals surface area contributed by atoms with Gasteiger partial charge >= 0.3 is 0 Å². The Morgan fingerprint density at radius 2 is 1.94 bits per heavy atom. The molecule has 1 aliphatic rings. The van der Waals surface area contributed by atoms with E-state index in [-0.39, 0.29) is 17.6 Å². The molecule has 2 amide bonds. The number of rotatable bonds is 7. The van der Waals surface area contributed by atoms with Crippen LogP contribution in [-0.2, 0) is 9.59 Å². The van der Waals surface area contributed by atoms with Crippen LogP contribution in [0.4, 0.5) is 11.4 Å². The molecule has 0 aliphatic carbocycles. The summed E-state index contributed by atoms with van der Waals surface area (Å²) in [6, 6.07) is 14.9. The third-order valence-electron chi connectivity index (χ3n) is 4.99. The molecule has 160 valence electrons. The Kier molecular flexibility index (Phi) is 6.22. The van der Waals surface area contributed by atoms with Gasteiger partial charge in [0.05, 0.1) is 18.6 Å². The van der Waals surface area contributed by atoms with E-state index in [1.54, 1.807) is 12.0 Å². The maximum absolute atomic E-state index is 12.5. The van der Waals surface area contributed by atoms with Crippen LogP contribution in [0.5, 0.6) is 5.75 Å². The minimum Gasteiger partial charge on any atom is -0.495 e. The number of para-hydroxylation sites is 2. The number of nitrogens with one attached hydrogen (secondary N) is 1. The van der Waals surface area contributed by atoms with Gasteiger partial charge in [-0.2, -0.15) is 0 Å². The average molecular weight is 438 g/mol. The maximum Gasteiger partial charge on any atom is 0.234 e. The lowest BCUT2D eigenvalue weighted by Crippen LogP contribution is -2.23. The van der Waals surface area contributed by atoms with E-state index >= 15 is 0 Å². The highest BCUT2D eigenvalue weighted by Crippen LogP contribution is 2.28. The molecule has 0 bridgehead atoms. The summed E-state index contributed by atoms with van der Waals surface area (Å²) in [5, 5.41) is 11.9. The quantitative estimate of drug-likeness (QED) is 0.570. The van der Waals surface area contributed by atoms with Crippen molar-refractivity contribution in [3.8, 4) is 11.4 Å². The molecule has 1 aliphatic heterocycles. The Morgan fingerprint density at radius 3 is 2.65 bits per heavy atom. The van der Waals surface area contributed by atoms with Gasteiger partial charge in [-0.25, -0.2) is 0 Å². The smallest absolute Gasteiger partial charge is 0.234 e. The number of benzene rings is 2. The standard InChI is InChI=1S/C22H23N5O3S/c1-15-24-25-22(27(15)18-6-3-4-7-19(18)30-2)31-14-20(28)23-16-9-11-17(12-10-16)26-13-5-8-21(26)29/h3-4,6-7,9-12H,5,8,13-14H2,1-2H3,(H,23,28). The molecule has 2 heterocycles. The summed E-state index contributed by atoms with van der Waals surface area (Å²) in [6.45, 7) is 2.60. The van der Waals surface area contributed by atoms with Crippen LogP contribution in [-0.4, -0.2) is 46.0 Å². The van der Waals surface area contributed by atoms with Gasteiger partial charge in [0.1, 0.15) is 11.6 Å².